The predicted octanol–water partition coefficient (Wildman–Crippen LogP) is 4.79. The number of nitrogens with one attached hydrogen (secondary N) is 1. The van der Waals surface area contributed by atoms with Crippen LogP contribution in [0.3, 0.4) is 0 Å². The van der Waals surface area contributed by atoms with E-state index in [1.165, 1.54) is 26.9 Å². The van der Waals surface area contributed by atoms with Gasteiger partial charge in [-0.05, 0) is 35.1 Å². The predicted molar refractivity (Wildman–Crippen MR) is 140 cm³/mol. The van der Waals surface area contributed by atoms with Crippen LogP contribution in [0, 0.1) is 0 Å². The van der Waals surface area contributed by atoms with Crippen molar-refractivity contribution in [1.29, 1.82) is 0 Å². The minimum absolute atomic E-state index is 0.0234. The van der Waals surface area contributed by atoms with Crippen molar-refractivity contribution < 1.29 is 23.8 Å². The van der Waals surface area contributed by atoms with Crippen molar-refractivity contribution in [1.82, 2.24) is 10.2 Å². The summed E-state index contributed by atoms with van der Waals surface area (Å²) in [5, 5.41) is 2.66. The van der Waals surface area contributed by atoms with E-state index >= 15 is 0 Å². The van der Waals surface area contributed by atoms with Crippen LogP contribution in [0.15, 0.2) is 36.4 Å². The van der Waals surface area contributed by atoms with Crippen molar-refractivity contribution in [3.05, 3.63) is 53.1 Å². The van der Waals surface area contributed by atoms with E-state index in [9.17, 15) is 9.59 Å². The lowest BCUT2D eigenvalue weighted by atomic mass is 9.86. The summed E-state index contributed by atoms with van der Waals surface area (Å²) in [5.74, 6) is 1.29. The third-order valence-electron chi connectivity index (χ3n) is 6.06. The molecule has 2 atom stereocenters. The Hall–Kier alpha value is -2.87. The largest absolute Gasteiger partial charge is 0.493 e. The Labute approximate surface area is 212 Å². The van der Waals surface area contributed by atoms with Gasteiger partial charge in [0, 0.05) is 17.9 Å². The molecule has 1 N–H and O–H groups in total. The van der Waals surface area contributed by atoms with E-state index in [0.29, 0.717) is 35.1 Å². The third kappa shape index (κ3) is 5.69. The number of nitrogens with zero attached hydrogens (tertiary/aromatic N) is 1. The van der Waals surface area contributed by atoms with Gasteiger partial charge in [0.25, 0.3) is 5.91 Å². The van der Waals surface area contributed by atoms with Crippen LogP contribution in [0.5, 0.6) is 17.2 Å². The topological polar surface area (TPSA) is 77.1 Å². The Morgan fingerprint density at radius 1 is 1.03 bits per heavy atom. The monoisotopic (exact) mass is 500 g/mol. The molecule has 0 radical (unpaired) electrons. The minimum Gasteiger partial charge on any atom is -0.493 e. The molecule has 1 fully saturated rings. The van der Waals surface area contributed by atoms with E-state index in [1.54, 1.807) is 28.8 Å². The van der Waals surface area contributed by atoms with Gasteiger partial charge in [-0.15, -0.1) is 11.8 Å². The molecular formula is C27H36N2O5S. The van der Waals surface area contributed by atoms with Gasteiger partial charge in [0.2, 0.25) is 11.7 Å². The average Bonchev–Trinajstić information content (AvgIpc) is 3.30. The number of carbonyl (C=O) groups excluding carboxylic acids is 2. The first-order valence-electron chi connectivity index (χ1n) is 11.8. The lowest BCUT2D eigenvalue weighted by Crippen LogP contribution is -2.48. The van der Waals surface area contributed by atoms with Crippen LogP contribution >= 0.6 is 11.8 Å². The lowest BCUT2D eigenvalue weighted by Gasteiger charge is -2.30. The molecule has 190 valence electrons. The molecule has 1 aliphatic heterocycles. The number of amides is 2. The summed E-state index contributed by atoms with van der Waals surface area (Å²) in [6.07, 6.45) is 0.824. The van der Waals surface area contributed by atoms with Gasteiger partial charge in [0.15, 0.2) is 11.5 Å². The van der Waals surface area contributed by atoms with Gasteiger partial charge in [-0.2, -0.15) is 0 Å². The van der Waals surface area contributed by atoms with E-state index in [-0.39, 0.29) is 22.6 Å². The summed E-state index contributed by atoms with van der Waals surface area (Å²) in [5.41, 5.74) is 2.58. The first-order chi connectivity index (χ1) is 16.7. The third-order valence-corrected chi connectivity index (χ3v) is 7.38. The van der Waals surface area contributed by atoms with Crippen molar-refractivity contribution in [3.8, 4) is 17.2 Å². The second-order valence-electron chi connectivity index (χ2n) is 9.49. The molecule has 1 heterocycles. The molecule has 2 amide bonds. The van der Waals surface area contributed by atoms with Gasteiger partial charge in [0.05, 0.1) is 21.3 Å². The highest BCUT2D eigenvalue weighted by molar-refractivity contribution is 7.99. The molecule has 1 aliphatic rings. The van der Waals surface area contributed by atoms with E-state index < -0.39 is 6.04 Å². The molecule has 2 aromatic carbocycles. The maximum atomic E-state index is 14.0. The molecule has 7 nitrogen and oxygen atoms in total. The van der Waals surface area contributed by atoms with Gasteiger partial charge in [0.1, 0.15) is 11.4 Å². The van der Waals surface area contributed by atoms with Gasteiger partial charge < -0.3 is 24.4 Å². The number of carbonyl (C=O) groups is 2. The standard InChI is InChI=1S/C27H36N2O5S/c1-8-13-28-24(30)20-16-35-26(17-9-11-19(12-10-17)27(2,3)4)29(20)25(31)18-14-21(32-5)23(34-7)22(15-18)33-6/h9-12,14-15,20,26H,8,13,16H2,1-7H3,(H,28,30). The maximum absolute atomic E-state index is 14.0. The second-order valence-corrected chi connectivity index (χ2v) is 10.6. The van der Waals surface area contributed by atoms with Gasteiger partial charge in [-0.25, -0.2) is 0 Å². The number of methoxy groups -OCH3 is 3. The van der Waals surface area contributed by atoms with Crippen molar-refractivity contribution in [2.75, 3.05) is 33.6 Å². The van der Waals surface area contributed by atoms with E-state index in [4.69, 9.17) is 14.2 Å². The van der Waals surface area contributed by atoms with Crippen LogP contribution in [-0.2, 0) is 10.2 Å². The Morgan fingerprint density at radius 2 is 1.63 bits per heavy atom. The van der Waals surface area contributed by atoms with E-state index in [2.05, 4.69) is 50.4 Å². The zero-order valence-electron chi connectivity index (χ0n) is 21.6. The SMILES string of the molecule is CCCNC(=O)C1CSC(c2ccc(C(C)(C)C)cc2)N1C(=O)c1cc(OC)c(OC)c(OC)c1. The van der Waals surface area contributed by atoms with Gasteiger partial charge in [-0.3, -0.25) is 9.59 Å². The van der Waals surface area contributed by atoms with Crippen molar-refractivity contribution >= 4 is 23.6 Å². The maximum Gasteiger partial charge on any atom is 0.256 e. The molecule has 3 rings (SSSR count). The van der Waals surface area contributed by atoms with Crippen LogP contribution in [-0.4, -0.2) is 56.4 Å². The second kappa shape index (κ2) is 11.2. The van der Waals surface area contributed by atoms with Gasteiger partial charge in [-0.1, -0.05) is 52.0 Å². The summed E-state index contributed by atoms with van der Waals surface area (Å²) in [6.45, 7) is 9.07. The fourth-order valence-corrected chi connectivity index (χ4v) is 5.51. The summed E-state index contributed by atoms with van der Waals surface area (Å²) in [4.78, 5) is 28.7. The van der Waals surface area contributed by atoms with Crippen LogP contribution in [0.1, 0.15) is 61.0 Å². The van der Waals surface area contributed by atoms with Crippen molar-refractivity contribution in [2.24, 2.45) is 0 Å². The van der Waals surface area contributed by atoms with Crippen LogP contribution < -0.4 is 19.5 Å². The molecule has 0 saturated carbocycles. The lowest BCUT2D eigenvalue weighted by molar-refractivity contribution is -0.124. The molecule has 0 spiro atoms. The number of rotatable bonds is 8. The molecule has 1 saturated heterocycles. The molecule has 0 aromatic heterocycles. The highest BCUT2D eigenvalue weighted by atomic mass is 32.2. The number of hydrogen-bond donors (Lipinski definition) is 1. The van der Waals surface area contributed by atoms with Crippen LogP contribution in [0.25, 0.3) is 0 Å². The normalized spacial score (nSPS) is 17.7. The number of thioether (sulfide) groups is 1. The van der Waals surface area contributed by atoms with E-state index in [1.807, 2.05) is 6.92 Å². The van der Waals surface area contributed by atoms with Crippen molar-refractivity contribution in [3.63, 3.8) is 0 Å². The Balaban J connectivity index is 2.04. The first kappa shape index (κ1) is 26.7. The smallest absolute Gasteiger partial charge is 0.256 e. The van der Waals surface area contributed by atoms with Crippen molar-refractivity contribution in [2.45, 2.75) is 50.9 Å². The highest BCUT2D eigenvalue weighted by Crippen LogP contribution is 2.44. The molecule has 35 heavy (non-hydrogen) atoms. The highest BCUT2D eigenvalue weighted by Gasteiger charge is 2.43. The fraction of sp³-hybridized carbons (Fsp3) is 0.481. The summed E-state index contributed by atoms with van der Waals surface area (Å²) in [6, 6.07) is 11.0. The zero-order chi connectivity index (χ0) is 25.8. The molecule has 0 bridgehead atoms. The Bertz CT molecular complexity index is 1020. The average molecular weight is 501 g/mol. The van der Waals surface area contributed by atoms with E-state index in [0.717, 1.165) is 12.0 Å². The molecule has 2 unspecified atom stereocenters. The molecule has 8 heteroatoms. The Morgan fingerprint density at radius 3 is 2.11 bits per heavy atom. The van der Waals surface area contributed by atoms with Crippen LogP contribution in [0.4, 0.5) is 0 Å². The molecular weight excluding hydrogens is 464 g/mol. The first-order valence-corrected chi connectivity index (χ1v) is 12.8. The van der Waals surface area contributed by atoms with Crippen LogP contribution in [0.2, 0.25) is 0 Å². The van der Waals surface area contributed by atoms with Gasteiger partial charge >= 0.3 is 0 Å². The zero-order valence-corrected chi connectivity index (χ0v) is 22.5. The Kier molecular flexibility index (Phi) is 8.59. The number of benzene rings is 2. The molecule has 0 aliphatic carbocycles. The minimum atomic E-state index is -0.592. The number of hydrogen-bond acceptors (Lipinski definition) is 6. The summed E-state index contributed by atoms with van der Waals surface area (Å²) < 4.78 is 16.3. The summed E-state index contributed by atoms with van der Waals surface area (Å²) in [7, 11) is 4.54. The quantitative estimate of drug-likeness (QED) is 0.562. The summed E-state index contributed by atoms with van der Waals surface area (Å²) >= 11 is 1.59. The number of ether oxygens (including phenoxy) is 3. The fourth-order valence-electron chi connectivity index (χ4n) is 4.08. The molecule has 2 aromatic rings.